The molecule has 0 amide bonds. The van der Waals surface area contributed by atoms with E-state index < -0.39 is 6.35 Å². The van der Waals surface area contributed by atoms with E-state index in [9.17, 15) is 9.50 Å². The van der Waals surface area contributed by atoms with Gasteiger partial charge in [0.05, 0.1) is 11.2 Å². The summed E-state index contributed by atoms with van der Waals surface area (Å²) in [6.07, 6.45) is 1.67. The van der Waals surface area contributed by atoms with Crippen molar-refractivity contribution in [1.82, 2.24) is 9.99 Å². The average molecular weight is 403 g/mol. The molecule has 4 aromatic rings. The number of anilines is 1. The normalized spacial score (nSPS) is 16.3. The van der Waals surface area contributed by atoms with E-state index in [4.69, 9.17) is 5.73 Å². The zero-order chi connectivity index (χ0) is 20.7. The Labute approximate surface area is 173 Å². The number of nitrogens with zero attached hydrogens (tertiary/aromatic N) is 3. The van der Waals surface area contributed by atoms with Crippen molar-refractivity contribution < 1.29 is 9.50 Å². The molecule has 0 aliphatic carbocycles. The van der Waals surface area contributed by atoms with Crippen LogP contribution in [0.3, 0.4) is 0 Å². The first-order valence-corrected chi connectivity index (χ1v) is 9.94. The molecule has 152 valence electrons. The van der Waals surface area contributed by atoms with Crippen LogP contribution < -0.4 is 16.1 Å². The van der Waals surface area contributed by atoms with Crippen molar-refractivity contribution in [3.8, 4) is 0 Å². The number of fused-ring (bicyclic) bond motifs is 2. The van der Waals surface area contributed by atoms with Gasteiger partial charge in [0.1, 0.15) is 5.82 Å². The first-order chi connectivity index (χ1) is 14.7. The zero-order valence-corrected chi connectivity index (χ0v) is 16.3. The van der Waals surface area contributed by atoms with Crippen LogP contribution in [0.2, 0.25) is 0 Å². The third-order valence-electron chi connectivity index (χ3n) is 5.45. The van der Waals surface area contributed by atoms with E-state index in [1.54, 1.807) is 11.0 Å². The second-order valence-electron chi connectivity index (χ2n) is 7.38. The number of benzene rings is 3. The molecular weight excluding hydrogens is 381 g/mol. The molecule has 3 aromatic carbocycles. The van der Waals surface area contributed by atoms with Gasteiger partial charge in [-0.25, -0.2) is 4.39 Å². The summed E-state index contributed by atoms with van der Waals surface area (Å²) in [5.41, 5.74) is 10.9. The molecule has 0 radical (unpaired) electrons. The molecule has 30 heavy (non-hydrogen) atoms. The van der Waals surface area contributed by atoms with Crippen LogP contribution in [0.4, 0.5) is 10.1 Å². The Bertz CT molecular complexity index is 1270. The average Bonchev–Trinajstić information content (AvgIpc) is 3.31. The summed E-state index contributed by atoms with van der Waals surface area (Å²) >= 11 is 0. The Morgan fingerprint density at radius 2 is 1.90 bits per heavy atom. The number of rotatable bonds is 5. The number of hydrazone groups is 1. The molecule has 1 unspecified atom stereocenters. The van der Waals surface area contributed by atoms with Gasteiger partial charge in [0, 0.05) is 23.7 Å². The molecule has 2 heterocycles. The number of aliphatic hydroxyl groups excluding tert-OH is 1. The highest BCUT2D eigenvalue weighted by Gasteiger charge is 2.31. The summed E-state index contributed by atoms with van der Waals surface area (Å²) in [6.45, 7) is 1.27. The minimum Gasteiger partial charge on any atom is -0.355 e. The van der Waals surface area contributed by atoms with Gasteiger partial charge in [0.25, 0.3) is 0 Å². The van der Waals surface area contributed by atoms with Crippen LogP contribution in [-0.2, 0) is 6.54 Å². The van der Waals surface area contributed by atoms with E-state index in [1.807, 2.05) is 53.2 Å². The molecule has 0 spiro atoms. The van der Waals surface area contributed by atoms with Gasteiger partial charge in [-0.1, -0.05) is 36.4 Å². The summed E-state index contributed by atoms with van der Waals surface area (Å²) < 4.78 is 16.1. The maximum absolute atomic E-state index is 14.1. The quantitative estimate of drug-likeness (QED) is 0.478. The molecule has 4 N–H and O–H groups in total. The summed E-state index contributed by atoms with van der Waals surface area (Å²) in [6, 6.07) is 18.8. The first-order valence-electron chi connectivity index (χ1n) is 9.94. The molecule has 0 saturated heterocycles. The van der Waals surface area contributed by atoms with Gasteiger partial charge in [0.2, 0.25) is 6.35 Å². The molecule has 0 bridgehead atoms. The van der Waals surface area contributed by atoms with E-state index in [0.717, 1.165) is 28.3 Å². The Morgan fingerprint density at radius 1 is 1.07 bits per heavy atom. The number of nitrogens with two attached hydrogens (primary N) is 1. The van der Waals surface area contributed by atoms with Gasteiger partial charge in [-0.15, -0.1) is 0 Å². The number of hydrogen-bond donors (Lipinski definition) is 3. The van der Waals surface area contributed by atoms with E-state index >= 15 is 0 Å². The monoisotopic (exact) mass is 403 g/mol. The molecule has 1 aliphatic heterocycles. The number of aromatic nitrogens is 1. The van der Waals surface area contributed by atoms with Crippen LogP contribution in [0.5, 0.6) is 0 Å². The Hall–Kier alpha value is -3.42. The number of aliphatic hydroxyl groups is 1. The van der Waals surface area contributed by atoms with E-state index in [1.165, 1.54) is 12.1 Å². The Kier molecular flexibility index (Phi) is 4.61. The lowest BCUT2D eigenvalue weighted by Gasteiger charge is -2.23. The maximum atomic E-state index is 14.1. The SMILES string of the molecule is NCCCn1cc(N2C(c3ccc4ccccc4c3)=NNC2O)c2cc(F)ccc21. The summed E-state index contributed by atoms with van der Waals surface area (Å²) in [5, 5.41) is 18.0. The molecule has 0 saturated carbocycles. The van der Waals surface area contributed by atoms with E-state index in [2.05, 4.69) is 10.5 Å². The minimum atomic E-state index is -1.05. The van der Waals surface area contributed by atoms with E-state index in [0.29, 0.717) is 30.0 Å². The second kappa shape index (κ2) is 7.44. The summed E-state index contributed by atoms with van der Waals surface area (Å²) in [7, 11) is 0. The lowest BCUT2D eigenvalue weighted by molar-refractivity contribution is 0.159. The number of hydrogen-bond acceptors (Lipinski definition) is 5. The van der Waals surface area contributed by atoms with Gasteiger partial charge in [-0.3, -0.25) is 10.3 Å². The highest BCUT2D eigenvalue weighted by Crippen LogP contribution is 2.33. The van der Waals surface area contributed by atoms with Gasteiger partial charge in [-0.05, 0) is 48.0 Å². The fourth-order valence-electron chi connectivity index (χ4n) is 4.01. The standard InChI is InChI=1S/C23H22FN5O/c24-18-8-9-20-19(13-18)21(14-28(20)11-3-10-25)29-22(26-27-23(29)30)17-7-6-15-4-1-2-5-16(15)12-17/h1-2,4-9,12-14,23,27,30H,3,10-11,25H2. The molecule has 6 nitrogen and oxygen atoms in total. The molecule has 5 rings (SSSR count). The van der Waals surface area contributed by atoms with Crippen molar-refractivity contribution in [2.45, 2.75) is 19.3 Å². The van der Waals surface area contributed by atoms with Gasteiger partial charge in [-0.2, -0.15) is 5.10 Å². The van der Waals surface area contributed by atoms with Crippen LogP contribution in [0.1, 0.15) is 12.0 Å². The smallest absolute Gasteiger partial charge is 0.226 e. The highest BCUT2D eigenvalue weighted by molar-refractivity contribution is 6.15. The van der Waals surface area contributed by atoms with Crippen molar-refractivity contribution in [3.05, 3.63) is 78.2 Å². The van der Waals surface area contributed by atoms with Crippen molar-refractivity contribution in [2.75, 3.05) is 11.4 Å². The summed E-state index contributed by atoms with van der Waals surface area (Å²) in [4.78, 5) is 1.70. The second-order valence-corrected chi connectivity index (χ2v) is 7.38. The predicted molar refractivity (Wildman–Crippen MR) is 118 cm³/mol. The maximum Gasteiger partial charge on any atom is 0.226 e. The third kappa shape index (κ3) is 3.08. The van der Waals surface area contributed by atoms with Gasteiger partial charge >= 0.3 is 0 Å². The van der Waals surface area contributed by atoms with E-state index in [-0.39, 0.29) is 5.82 Å². The van der Waals surface area contributed by atoms with Crippen LogP contribution in [0.25, 0.3) is 21.7 Å². The fraction of sp³-hybridized carbons (Fsp3) is 0.174. The van der Waals surface area contributed by atoms with Crippen molar-refractivity contribution in [3.63, 3.8) is 0 Å². The largest absolute Gasteiger partial charge is 0.355 e. The van der Waals surface area contributed by atoms with Crippen LogP contribution in [0.15, 0.2) is 72.0 Å². The Morgan fingerprint density at radius 3 is 2.73 bits per heavy atom. The third-order valence-corrected chi connectivity index (χ3v) is 5.45. The lowest BCUT2D eigenvalue weighted by atomic mass is 10.1. The first kappa shape index (κ1) is 18.6. The molecule has 1 atom stereocenters. The van der Waals surface area contributed by atoms with Crippen molar-refractivity contribution in [2.24, 2.45) is 10.8 Å². The minimum absolute atomic E-state index is 0.328. The molecular formula is C23H22FN5O. The van der Waals surface area contributed by atoms with Crippen molar-refractivity contribution in [1.29, 1.82) is 0 Å². The van der Waals surface area contributed by atoms with Crippen molar-refractivity contribution >= 4 is 33.2 Å². The topological polar surface area (TPSA) is 78.8 Å². The number of aryl methyl sites for hydroxylation is 1. The molecule has 1 aromatic heterocycles. The number of amidine groups is 1. The number of halogens is 1. The number of nitrogens with one attached hydrogen (secondary N) is 1. The molecule has 1 aliphatic rings. The fourth-order valence-corrected chi connectivity index (χ4v) is 4.01. The van der Waals surface area contributed by atoms with Gasteiger partial charge < -0.3 is 15.4 Å². The van der Waals surface area contributed by atoms with Crippen LogP contribution >= 0.6 is 0 Å². The molecule has 7 heteroatoms. The zero-order valence-electron chi connectivity index (χ0n) is 16.3. The highest BCUT2D eigenvalue weighted by atomic mass is 19.1. The Balaban J connectivity index is 1.63. The van der Waals surface area contributed by atoms with Gasteiger partial charge in [0.15, 0.2) is 5.84 Å². The van der Waals surface area contributed by atoms with Crippen LogP contribution in [0, 0.1) is 5.82 Å². The molecule has 0 fully saturated rings. The summed E-state index contributed by atoms with van der Waals surface area (Å²) in [5.74, 6) is 0.251. The lowest BCUT2D eigenvalue weighted by Crippen LogP contribution is -2.40. The van der Waals surface area contributed by atoms with Crippen LogP contribution in [-0.4, -0.2) is 28.4 Å². The predicted octanol–water partition coefficient (Wildman–Crippen LogP) is 3.33.